The second-order valence-corrected chi connectivity index (χ2v) is 7.58. The Morgan fingerprint density at radius 3 is 0.733 bits per heavy atom. The number of hydrogen-bond donors (Lipinski definition) is 2. The molecule has 4 aromatic rings. The topological polar surface area (TPSA) is 40.5 Å². The normalized spacial score (nSPS) is 13.3. The first-order chi connectivity index (χ1) is 14.8. The average Bonchev–Trinajstić information content (AvgIpc) is 2.82. The molecular weight excluding hydrogens is 368 g/mol. The molecule has 0 heterocycles. The molecule has 0 aromatic heterocycles. The highest BCUT2D eigenvalue weighted by Gasteiger charge is 2.35. The zero-order valence-electron chi connectivity index (χ0n) is 16.8. The van der Waals surface area contributed by atoms with Gasteiger partial charge in [0.05, 0.1) is 12.2 Å². The minimum atomic E-state index is -0.986. The summed E-state index contributed by atoms with van der Waals surface area (Å²) in [7, 11) is 0. The molecule has 2 nitrogen and oxygen atoms in total. The van der Waals surface area contributed by atoms with Crippen molar-refractivity contribution >= 4 is 0 Å². The Labute approximate surface area is 178 Å². The molecule has 0 saturated carbocycles. The van der Waals surface area contributed by atoms with E-state index in [0.29, 0.717) is 0 Å². The summed E-state index contributed by atoms with van der Waals surface area (Å²) in [5, 5.41) is 23.1. The smallest absolute Gasteiger partial charge is 0.0917 e. The Kier molecular flexibility index (Phi) is 6.38. The van der Waals surface area contributed by atoms with Crippen molar-refractivity contribution in [1.29, 1.82) is 0 Å². The quantitative estimate of drug-likeness (QED) is 0.442. The largest absolute Gasteiger partial charge is 0.389 e. The zero-order valence-corrected chi connectivity index (χ0v) is 16.8. The highest BCUT2D eigenvalue weighted by Crippen LogP contribution is 2.36. The maximum absolute atomic E-state index is 11.5. The van der Waals surface area contributed by atoms with Gasteiger partial charge in [-0.3, -0.25) is 0 Å². The van der Waals surface area contributed by atoms with Gasteiger partial charge in [0.25, 0.3) is 0 Å². The zero-order chi connectivity index (χ0) is 20.8. The fourth-order valence-corrected chi connectivity index (χ4v) is 4.21. The number of aliphatic hydroxyl groups is 2. The molecule has 30 heavy (non-hydrogen) atoms. The van der Waals surface area contributed by atoms with Crippen LogP contribution < -0.4 is 0 Å². The van der Waals surface area contributed by atoms with E-state index in [1.807, 2.05) is 121 Å². The van der Waals surface area contributed by atoms with Gasteiger partial charge < -0.3 is 10.2 Å². The summed E-state index contributed by atoms with van der Waals surface area (Å²) in [4.78, 5) is 0. The molecule has 0 radical (unpaired) electrons. The number of hydrogen-bond acceptors (Lipinski definition) is 2. The Balaban J connectivity index is 1.77. The Bertz CT molecular complexity index is 851. The van der Waals surface area contributed by atoms with E-state index in [-0.39, 0.29) is 11.8 Å². The van der Waals surface area contributed by atoms with Crippen molar-refractivity contribution in [3.05, 3.63) is 144 Å². The van der Waals surface area contributed by atoms with Crippen LogP contribution in [-0.4, -0.2) is 22.4 Å². The van der Waals surface area contributed by atoms with Gasteiger partial charge in [0.15, 0.2) is 0 Å². The highest BCUT2D eigenvalue weighted by molar-refractivity contribution is 5.38. The molecule has 2 atom stereocenters. The summed E-state index contributed by atoms with van der Waals surface area (Å²) in [6.45, 7) is 0. The van der Waals surface area contributed by atoms with Gasteiger partial charge >= 0.3 is 0 Å². The van der Waals surface area contributed by atoms with E-state index in [2.05, 4.69) is 0 Å². The van der Waals surface area contributed by atoms with E-state index < -0.39 is 12.2 Å². The molecule has 2 heteroatoms. The molecule has 4 rings (SSSR count). The van der Waals surface area contributed by atoms with Crippen LogP contribution in [0.1, 0.15) is 34.1 Å². The highest BCUT2D eigenvalue weighted by atomic mass is 16.3. The first-order valence-electron chi connectivity index (χ1n) is 10.3. The van der Waals surface area contributed by atoms with Crippen LogP contribution in [0.2, 0.25) is 0 Å². The summed E-state index contributed by atoms with van der Waals surface area (Å²) < 4.78 is 0. The molecule has 2 N–H and O–H groups in total. The molecule has 0 aliphatic heterocycles. The lowest BCUT2D eigenvalue weighted by Gasteiger charge is -2.33. The van der Waals surface area contributed by atoms with Gasteiger partial charge in [-0.25, -0.2) is 0 Å². The predicted molar refractivity (Wildman–Crippen MR) is 121 cm³/mol. The van der Waals surface area contributed by atoms with Crippen LogP contribution in [0.3, 0.4) is 0 Å². The van der Waals surface area contributed by atoms with Gasteiger partial charge in [0, 0.05) is 11.8 Å². The lowest BCUT2D eigenvalue weighted by Crippen LogP contribution is -2.37. The van der Waals surface area contributed by atoms with Crippen LogP contribution in [0.25, 0.3) is 0 Å². The summed E-state index contributed by atoms with van der Waals surface area (Å²) in [5.74, 6) is -0.672. The molecule has 0 saturated heterocycles. The standard InChI is InChI=1S/C28H26O2/c29-27(25(21-13-5-1-6-14-21)22-15-7-2-8-16-22)28(30)26(23-17-9-3-10-18-23)24-19-11-4-12-20-24/h1-20,25-30H. The minimum Gasteiger partial charge on any atom is -0.389 e. The SMILES string of the molecule is OC(C(c1ccccc1)c1ccccc1)C(O)C(c1ccccc1)c1ccccc1. The second-order valence-electron chi connectivity index (χ2n) is 7.58. The minimum absolute atomic E-state index is 0.336. The first kappa shape index (κ1) is 20.1. The van der Waals surface area contributed by atoms with E-state index in [1.54, 1.807) is 0 Å². The van der Waals surface area contributed by atoms with Crippen LogP contribution in [0, 0.1) is 0 Å². The van der Waals surface area contributed by atoms with Gasteiger partial charge in [-0.05, 0) is 22.3 Å². The van der Waals surface area contributed by atoms with E-state index in [1.165, 1.54) is 0 Å². The van der Waals surface area contributed by atoms with Gasteiger partial charge in [0.2, 0.25) is 0 Å². The third kappa shape index (κ3) is 4.35. The van der Waals surface area contributed by atoms with E-state index in [4.69, 9.17) is 0 Å². The van der Waals surface area contributed by atoms with Gasteiger partial charge in [0.1, 0.15) is 0 Å². The number of benzene rings is 4. The van der Waals surface area contributed by atoms with E-state index in [9.17, 15) is 10.2 Å². The third-order valence-electron chi connectivity index (χ3n) is 5.67. The van der Waals surface area contributed by atoms with E-state index >= 15 is 0 Å². The molecule has 0 bridgehead atoms. The second kappa shape index (κ2) is 9.53. The Morgan fingerprint density at radius 2 is 0.533 bits per heavy atom. The molecule has 150 valence electrons. The third-order valence-corrected chi connectivity index (χ3v) is 5.67. The summed E-state index contributed by atoms with van der Waals surface area (Å²) in [6.07, 6.45) is -1.97. The van der Waals surface area contributed by atoms with Crippen LogP contribution in [0.5, 0.6) is 0 Å². The Hall–Kier alpha value is -3.20. The van der Waals surface area contributed by atoms with E-state index in [0.717, 1.165) is 22.3 Å². The first-order valence-corrected chi connectivity index (χ1v) is 10.3. The summed E-state index contributed by atoms with van der Waals surface area (Å²) in [5.41, 5.74) is 3.93. The van der Waals surface area contributed by atoms with Crippen molar-refractivity contribution < 1.29 is 10.2 Å². The molecule has 0 fully saturated rings. The van der Waals surface area contributed by atoms with Crippen molar-refractivity contribution in [1.82, 2.24) is 0 Å². The summed E-state index contributed by atoms with van der Waals surface area (Å²) >= 11 is 0. The molecule has 2 unspecified atom stereocenters. The molecule has 0 aliphatic rings. The average molecular weight is 395 g/mol. The molecule has 0 amide bonds. The molecule has 0 spiro atoms. The Morgan fingerprint density at radius 1 is 0.333 bits per heavy atom. The van der Waals surface area contributed by atoms with Crippen molar-refractivity contribution in [2.75, 3.05) is 0 Å². The lowest BCUT2D eigenvalue weighted by molar-refractivity contribution is 0.000670. The maximum atomic E-state index is 11.5. The van der Waals surface area contributed by atoms with Gasteiger partial charge in [-0.1, -0.05) is 121 Å². The monoisotopic (exact) mass is 394 g/mol. The van der Waals surface area contributed by atoms with Crippen LogP contribution in [0.15, 0.2) is 121 Å². The summed E-state index contributed by atoms with van der Waals surface area (Å²) in [6, 6.07) is 39.7. The van der Waals surface area contributed by atoms with Crippen molar-refractivity contribution in [3.8, 4) is 0 Å². The fourth-order valence-electron chi connectivity index (χ4n) is 4.21. The van der Waals surface area contributed by atoms with Crippen molar-refractivity contribution in [2.24, 2.45) is 0 Å². The van der Waals surface area contributed by atoms with Crippen molar-refractivity contribution in [2.45, 2.75) is 24.0 Å². The van der Waals surface area contributed by atoms with Gasteiger partial charge in [-0.15, -0.1) is 0 Å². The molecule has 0 aliphatic carbocycles. The fraction of sp³-hybridized carbons (Fsp3) is 0.143. The maximum Gasteiger partial charge on any atom is 0.0917 e. The van der Waals surface area contributed by atoms with Crippen LogP contribution in [0.4, 0.5) is 0 Å². The van der Waals surface area contributed by atoms with Crippen LogP contribution >= 0.6 is 0 Å². The number of aliphatic hydroxyl groups excluding tert-OH is 2. The predicted octanol–water partition coefficient (Wildman–Crippen LogP) is 5.37. The van der Waals surface area contributed by atoms with Gasteiger partial charge in [-0.2, -0.15) is 0 Å². The number of rotatable bonds is 7. The molecular formula is C28H26O2. The van der Waals surface area contributed by atoms with Crippen molar-refractivity contribution in [3.63, 3.8) is 0 Å². The lowest BCUT2D eigenvalue weighted by atomic mass is 9.77. The molecule has 4 aromatic carbocycles. The van der Waals surface area contributed by atoms with Crippen LogP contribution in [-0.2, 0) is 0 Å².